The molecule has 0 aliphatic carbocycles. The summed E-state index contributed by atoms with van der Waals surface area (Å²) in [4.78, 5) is 15.9. The maximum absolute atomic E-state index is 13.0. The third kappa shape index (κ3) is 5.80. The lowest BCUT2D eigenvalue weighted by molar-refractivity contribution is 0.0790. The Morgan fingerprint density at radius 3 is 2.57 bits per heavy atom. The van der Waals surface area contributed by atoms with Gasteiger partial charge in [0.05, 0.1) is 19.8 Å². The van der Waals surface area contributed by atoms with E-state index in [4.69, 9.17) is 9.47 Å². The van der Waals surface area contributed by atoms with Crippen LogP contribution in [0.3, 0.4) is 0 Å². The Kier molecular flexibility index (Phi) is 8.22. The van der Waals surface area contributed by atoms with Crippen molar-refractivity contribution >= 4 is 29.0 Å². The normalized spacial score (nSPS) is 10.6. The Balaban J connectivity index is 1.57. The predicted molar refractivity (Wildman–Crippen MR) is 125 cm³/mol. The summed E-state index contributed by atoms with van der Waals surface area (Å²) in [5.74, 6) is 2.40. The molecule has 0 bridgehead atoms. The van der Waals surface area contributed by atoms with Gasteiger partial charge in [-0.15, -0.1) is 11.8 Å². The second-order valence-corrected chi connectivity index (χ2v) is 8.73. The molecule has 3 rings (SSSR count). The van der Waals surface area contributed by atoms with Crippen molar-refractivity contribution in [3.05, 3.63) is 76.0 Å². The lowest BCUT2D eigenvalue weighted by Gasteiger charge is -2.19. The summed E-state index contributed by atoms with van der Waals surface area (Å²) in [6.45, 7) is 0.691. The van der Waals surface area contributed by atoms with Gasteiger partial charge in [0.25, 0.3) is 5.91 Å². The van der Waals surface area contributed by atoms with Crippen molar-refractivity contribution in [2.75, 3.05) is 27.8 Å². The van der Waals surface area contributed by atoms with Gasteiger partial charge in [-0.1, -0.05) is 18.2 Å². The van der Waals surface area contributed by atoms with E-state index in [1.165, 1.54) is 11.1 Å². The molecule has 0 unspecified atom stereocenters. The first kappa shape index (κ1) is 22.2. The molecule has 3 aromatic rings. The van der Waals surface area contributed by atoms with Crippen molar-refractivity contribution < 1.29 is 14.3 Å². The summed E-state index contributed by atoms with van der Waals surface area (Å²) < 4.78 is 10.7. The van der Waals surface area contributed by atoms with Crippen LogP contribution in [-0.4, -0.2) is 38.6 Å². The van der Waals surface area contributed by atoms with Crippen LogP contribution in [0.15, 0.2) is 64.2 Å². The van der Waals surface area contributed by atoms with Crippen LogP contribution in [0.2, 0.25) is 0 Å². The molecule has 0 N–H and O–H groups in total. The molecule has 1 amide bonds. The van der Waals surface area contributed by atoms with Crippen LogP contribution in [-0.2, 0) is 12.2 Å². The minimum Gasteiger partial charge on any atom is -0.493 e. The molecule has 4 nitrogen and oxygen atoms in total. The molecular weight excluding hydrogens is 414 g/mol. The Morgan fingerprint density at radius 2 is 1.83 bits per heavy atom. The van der Waals surface area contributed by atoms with Gasteiger partial charge in [-0.2, -0.15) is 11.3 Å². The van der Waals surface area contributed by atoms with Gasteiger partial charge in [0, 0.05) is 24.2 Å². The molecular formula is C24H27NO3S2. The van der Waals surface area contributed by atoms with E-state index in [2.05, 4.69) is 16.8 Å². The molecule has 1 aromatic heterocycles. The number of nitrogens with zero attached hydrogens (tertiary/aromatic N) is 1. The summed E-state index contributed by atoms with van der Waals surface area (Å²) in [5, 5.41) is 4.23. The van der Waals surface area contributed by atoms with Gasteiger partial charge < -0.3 is 14.4 Å². The van der Waals surface area contributed by atoms with Gasteiger partial charge >= 0.3 is 0 Å². The molecule has 30 heavy (non-hydrogen) atoms. The zero-order chi connectivity index (χ0) is 21.3. The molecule has 0 radical (unpaired) electrons. The molecule has 0 aliphatic rings. The minimum atomic E-state index is 0.0655. The second kappa shape index (κ2) is 11.1. The highest BCUT2D eigenvalue weighted by atomic mass is 32.2. The molecule has 0 saturated heterocycles. The molecule has 0 saturated carbocycles. The summed E-state index contributed by atoms with van der Waals surface area (Å²) in [6.07, 6.45) is 1.74. The van der Waals surface area contributed by atoms with Gasteiger partial charge in [0.1, 0.15) is 0 Å². The molecule has 1 heterocycles. The Labute approximate surface area is 186 Å². The predicted octanol–water partition coefficient (Wildman–Crippen LogP) is 5.76. The van der Waals surface area contributed by atoms with Crippen LogP contribution in [0.4, 0.5) is 0 Å². The standard InChI is InChI=1S/C24H27NO3S2/c1-25(13-6-7-18-10-11-21(27-2)22(15-18)28-3)24(26)20-8-4-5-9-23(20)30-17-19-12-14-29-16-19/h4-5,8-12,14-16H,6-7,13,17H2,1-3H3. The van der Waals surface area contributed by atoms with E-state index in [-0.39, 0.29) is 5.91 Å². The number of ether oxygens (including phenoxy) is 2. The fraction of sp³-hybridized carbons (Fsp3) is 0.292. The quantitative estimate of drug-likeness (QED) is 0.375. The Hall–Kier alpha value is -2.44. The van der Waals surface area contributed by atoms with Gasteiger partial charge in [-0.25, -0.2) is 0 Å². The highest BCUT2D eigenvalue weighted by molar-refractivity contribution is 7.98. The fourth-order valence-corrected chi connectivity index (χ4v) is 4.93. The van der Waals surface area contributed by atoms with Gasteiger partial charge in [-0.3, -0.25) is 4.79 Å². The van der Waals surface area contributed by atoms with Gasteiger partial charge in [-0.05, 0) is 65.1 Å². The van der Waals surface area contributed by atoms with Crippen molar-refractivity contribution in [2.45, 2.75) is 23.5 Å². The summed E-state index contributed by atoms with van der Waals surface area (Å²) >= 11 is 3.41. The number of benzene rings is 2. The first-order chi connectivity index (χ1) is 14.6. The summed E-state index contributed by atoms with van der Waals surface area (Å²) in [7, 11) is 5.15. The van der Waals surface area contributed by atoms with Crippen molar-refractivity contribution in [2.24, 2.45) is 0 Å². The van der Waals surface area contributed by atoms with Crippen LogP contribution in [0.1, 0.15) is 27.9 Å². The first-order valence-electron chi connectivity index (χ1n) is 9.81. The average Bonchev–Trinajstić information content (AvgIpc) is 3.31. The number of methoxy groups -OCH3 is 2. The van der Waals surface area contributed by atoms with Crippen molar-refractivity contribution in [1.82, 2.24) is 4.90 Å². The molecule has 0 spiro atoms. The monoisotopic (exact) mass is 441 g/mol. The number of thiophene rings is 1. The SMILES string of the molecule is COc1ccc(CCCN(C)C(=O)c2ccccc2SCc2ccsc2)cc1OC. The van der Waals surface area contributed by atoms with Crippen molar-refractivity contribution in [3.8, 4) is 11.5 Å². The number of thioether (sulfide) groups is 1. The lowest BCUT2D eigenvalue weighted by atomic mass is 10.1. The number of amides is 1. The fourth-order valence-electron chi connectivity index (χ4n) is 3.17. The van der Waals surface area contributed by atoms with Crippen LogP contribution in [0.5, 0.6) is 11.5 Å². The Bertz CT molecular complexity index is 957. The molecule has 0 aliphatic heterocycles. The molecule has 0 atom stereocenters. The zero-order valence-electron chi connectivity index (χ0n) is 17.6. The topological polar surface area (TPSA) is 38.8 Å². The van der Waals surface area contributed by atoms with E-state index >= 15 is 0 Å². The second-order valence-electron chi connectivity index (χ2n) is 6.94. The maximum atomic E-state index is 13.0. The third-order valence-electron chi connectivity index (χ3n) is 4.85. The minimum absolute atomic E-state index is 0.0655. The van der Waals surface area contributed by atoms with E-state index in [0.717, 1.165) is 40.6 Å². The van der Waals surface area contributed by atoms with E-state index in [1.54, 1.807) is 37.3 Å². The largest absolute Gasteiger partial charge is 0.493 e. The maximum Gasteiger partial charge on any atom is 0.254 e. The third-order valence-corrected chi connectivity index (χ3v) is 6.72. The van der Waals surface area contributed by atoms with Crippen LogP contribution < -0.4 is 9.47 Å². The highest BCUT2D eigenvalue weighted by Gasteiger charge is 2.16. The Morgan fingerprint density at radius 1 is 1.03 bits per heavy atom. The van der Waals surface area contributed by atoms with Gasteiger partial charge in [0.15, 0.2) is 11.5 Å². The molecule has 0 fully saturated rings. The first-order valence-corrected chi connectivity index (χ1v) is 11.7. The lowest BCUT2D eigenvalue weighted by Crippen LogP contribution is -2.28. The van der Waals surface area contributed by atoms with E-state index in [0.29, 0.717) is 6.54 Å². The number of carbonyl (C=O) groups is 1. The summed E-state index contributed by atoms with van der Waals surface area (Å²) in [5.41, 5.74) is 3.22. The highest BCUT2D eigenvalue weighted by Crippen LogP contribution is 2.29. The number of aryl methyl sites for hydroxylation is 1. The van der Waals surface area contributed by atoms with Crippen molar-refractivity contribution in [3.63, 3.8) is 0 Å². The number of hydrogen-bond acceptors (Lipinski definition) is 5. The van der Waals surface area contributed by atoms with E-state index in [1.807, 2.05) is 54.4 Å². The smallest absolute Gasteiger partial charge is 0.254 e. The van der Waals surface area contributed by atoms with Crippen LogP contribution >= 0.6 is 23.1 Å². The number of carbonyl (C=O) groups excluding carboxylic acids is 1. The number of rotatable bonds is 10. The van der Waals surface area contributed by atoms with Crippen LogP contribution in [0, 0.1) is 0 Å². The zero-order valence-corrected chi connectivity index (χ0v) is 19.2. The molecule has 6 heteroatoms. The van der Waals surface area contributed by atoms with Crippen molar-refractivity contribution in [1.29, 1.82) is 0 Å². The average molecular weight is 442 g/mol. The van der Waals surface area contributed by atoms with E-state index < -0.39 is 0 Å². The summed E-state index contributed by atoms with van der Waals surface area (Å²) in [6, 6.07) is 16.0. The van der Waals surface area contributed by atoms with Crippen LogP contribution in [0.25, 0.3) is 0 Å². The number of hydrogen-bond donors (Lipinski definition) is 0. The van der Waals surface area contributed by atoms with Gasteiger partial charge in [0.2, 0.25) is 0 Å². The molecule has 2 aromatic carbocycles. The molecule has 158 valence electrons. The van der Waals surface area contributed by atoms with E-state index in [9.17, 15) is 4.79 Å².